The Kier molecular flexibility index (Phi) is 6.87. The summed E-state index contributed by atoms with van der Waals surface area (Å²) in [5.74, 6) is 1.40. The highest BCUT2D eigenvalue weighted by Crippen LogP contribution is 2.25. The number of anilines is 1. The maximum absolute atomic E-state index is 13.2. The van der Waals surface area contributed by atoms with Crippen molar-refractivity contribution < 1.29 is 14.3 Å². The van der Waals surface area contributed by atoms with Crippen LogP contribution in [0.3, 0.4) is 0 Å². The van der Waals surface area contributed by atoms with Crippen molar-refractivity contribution >= 4 is 11.6 Å². The monoisotopic (exact) mass is 390 g/mol. The molecule has 150 valence electrons. The first kappa shape index (κ1) is 20.4. The predicted octanol–water partition coefficient (Wildman–Crippen LogP) is 4.52. The van der Waals surface area contributed by atoms with Crippen molar-refractivity contribution in [2.24, 2.45) is 0 Å². The molecule has 5 nitrogen and oxygen atoms in total. The van der Waals surface area contributed by atoms with Gasteiger partial charge in [0.2, 0.25) is 5.91 Å². The van der Waals surface area contributed by atoms with Crippen LogP contribution in [0.2, 0.25) is 0 Å². The molecule has 29 heavy (non-hydrogen) atoms. The molecular weight excluding hydrogens is 364 g/mol. The number of amides is 1. The lowest BCUT2D eigenvalue weighted by atomic mass is 10.0. The van der Waals surface area contributed by atoms with E-state index in [2.05, 4.69) is 5.32 Å². The SMILES string of the molecule is COc1cccc(CN(C)[C@H](C(=O)Nc2cccc(OC)c2)c2ccccc2)c1. The van der Waals surface area contributed by atoms with E-state index in [1.165, 1.54) is 0 Å². The fourth-order valence-corrected chi connectivity index (χ4v) is 3.30. The van der Waals surface area contributed by atoms with Crippen LogP contribution in [0.5, 0.6) is 11.5 Å². The molecule has 3 aromatic carbocycles. The minimum absolute atomic E-state index is 0.102. The van der Waals surface area contributed by atoms with Crippen LogP contribution in [-0.4, -0.2) is 32.1 Å². The number of carbonyl (C=O) groups excluding carboxylic acids is 1. The molecule has 5 heteroatoms. The Balaban J connectivity index is 1.84. The first-order chi connectivity index (χ1) is 14.1. The largest absolute Gasteiger partial charge is 0.497 e. The van der Waals surface area contributed by atoms with Gasteiger partial charge in [-0.05, 0) is 42.4 Å². The summed E-state index contributed by atoms with van der Waals surface area (Å²) in [6.45, 7) is 0.599. The molecule has 1 amide bonds. The predicted molar refractivity (Wildman–Crippen MR) is 115 cm³/mol. The van der Waals surface area contributed by atoms with Gasteiger partial charge in [0.1, 0.15) is 17.5 Å². The number of carbonyl (C=O) groups is 1. The van der Waals surface area contributed by atoms with Crippen LogP contribution in [0.4, 0.5) is 5.69 Å². The number of benzene rings is 3. The van der Waals surface area contributed by atoms with E-state index in [1.807, 2.05) is 90.8 Å². The number of hydrogen-bond donors (Lipinski definition) is 1. The molecule has 0 unspecified atom stereocenters. The summed E-state index contributed by atoms with van der Waals surface area (Å²) in [6, 6.07) is 24.6. The summed E-state index contributed by atoms with van der Waals surface area (Å²) in [4.78, 5) is 15.3. The molecule has 0 saturated carbocycles. The number of ether oxygens (including phenoxy) is 2. The number of nitrogens with one attached hydrogen (secondary N) is 1. The fourth-order valence-electron chi connectivity index (χ4n) is 3.30. The minimum Gasteiger partial charge on any atom is -0.497 e. The Hall–Kier alpha value is -3.31. The molecule has 3 aromatic rings. The van der Waals surface area contributed by atoms with Gasteiger partial charge in [-0.1, -0.05) is 48.5 Å². The lowest BCUT2D eigenvalue weighted by Gasteiger charge is -2.28. The van der Waals surface area contributed by atoms with Crippen molar-refractivity contribution in [2.45, 2.75) is 12.6 Å². The average molecular weight is 390 g/mol. The maximum Gasteiger partial charge on any atom is 0.246 e. The molecule has 1 atom stereocenters. The molecule has 0 aromatic heterocycles. The zero-order valence-electron chi connectivity index (χ0n) is 17.0. The van der Waals surface area contributed by atoms with E-state index in [-0.39, 0.29) is 5.91 Å². The third kappa shape index (κ3) is 5.36. The second-order valence-corrected chi connectivity index (χ2v) is 6.80. The van der Waals surface area contributed by atoms with Gasteiger partial charge in [0, 0.05) is 18.3 Å². The van der Waals surface area contributed by atoms with Crippen LogP contribution in [0.15, 0.2) is 78.9 Å². The number of nitrogens with zero attached hydrogens (tertiary/aromatic N) is 1. The van der Waals surface area contributed by atoms with Crippen molar-refractivity contribution in [1.29, 1.82) is 0 Å². The summed E-state index contributed by atoms with van der Waals surface area (Å²) in [7, 11) is 5.20. The minimum atomic E-state index is -0.450. The lowest BCUT2D eigenvalue weighted by molar-refractivity contribution is -0.121. The van der Waals surface area contributed by atoms with Gasteiger partial charge in [0.05, 0.1) is 14.2 Å². The summed E-state index contributed by atoms with van der Waals surface area (Å²) < 4.78 is 10.6. The molecule has 0 fully saturated rings. The van der Waals surface area contributed by atoms with E-state index in [9.17, 15) is 4.79 Å². The van der Waals surface area contributed by atoms with E-state index in [0.717, 1.165) is 16.9 Å². The van der Waals surface area contributed by atoms with Crippen LogP contribution in [0.1, 0.15) is 17.2 Å². The molecule has 0 saturated heterocycles. The zero-order valence-corrected chi connectivity index (χ0v) is 17.0. The Labute approximate surface area is 171 Å². The molecular formula is C24H26N2O3. The van der Waals surface area contributed by atoms with Crippen molar-refractivity contribution in [3.05, 3.63) is 90.0 Å². The Morgan fingerprint density at radius 3 is 2.24 bits per heavy atom. The molecule has 0 aliphatic carbocycles. The van der Waals surface area contributed by atoms with Gasteiger partial charge in [-0.15, -0.1) is 0 Å². The molecule has 0 bridgehead atoms. The first-order valence-electron chi connectivity index (χ1n) is 9.43. The van der Waals surface area contributed by atoms with Gasteiger partial charge < -0.3 is 14.8 Å². The van der Waals surface area contributed by atoms with E-state index in [0.29, 0.717) is 18.0 Å². The maximum atomic E-state index is 13.2. The van der Waals surface area contributed by atoms with E-state index in [4.69, 9.17) is 9.47 Å². The van der Waals surface area contributed by atoms with Crippen LogP contribution in [0.25, 0.3) is 0 Å². The number of likely N-dealkylation sites (N-methyl/N-ethyl adjacent to an activating group) is 1. The van der Waals surface area contributed by atoms with Crippen LogP contribution in [-0.2, 0) is 11.3 Å². The molecule has 0 aliphatic rings. The summed E-state index contributed by atoms with van der Waals surface area (Å²) in [5.41, 5.74) is 2.70. The number of hydrogen-bond acceptors (Lipinski definition) is 4. The fraction of sp³-hybridized carbons (Fsp3) is 0.208. The van der Waals surface area contributed by atoms with E-state index >= 15 is 0 Å². The molecule has 0 heterocycles. The zero-order chi connectivity index (χ0) is 20.6. The van der Waals surface area contributed by atoms with Crippen molar-refractivity contribution in [3.8, 4) is 11.5 Å². The van der Waals surface area contributed by atoms with Crippen LogP contribution >= 0.6 is 0 Å². The second kappa shape index (κ2) is 9.75. The van der Waals surface area contributed by atoms with Crippen LogP contribution < -0.4 is 14.8 Å². The highest BCUT2D eigenvalue weighted by molar-refractivity contribution is 5.95. The third-order valence-electron chi connectivity index (χ3n) is 4.71. The van der Waals surface area contributed by atoms with E-state index < -0.39 is 6.04 Å². The Morgan fingerprint density at radius 2 is 1.55 bits per heavy atom. The van der Waals surface area contributed by atoms with Gasteiger partial charge in [-0.3, -0.25) is 9.69 Å². The average Bonchev–Trinajstić information content (AvgIpc) is 2.75. The first-order valence-corrected chi connectivity index (χ1v) is 9.43. The van der Waals surface area contributed by atoms with Gasteiger partial charge in [0.15, 0.2) is 0 Å². The standard InChI is InChI=1S/C24H26N2O3/c1-26(17-18-9-7-13-21(15-18)28-2)23(19-10-5-4-6-11-19)24(27)25-20-12-8-14-22(16-20)29-3/h4-16,23H,17H2,1-3H3,(H,25,27)/t23-/m0/s1. The van der Waals surface area contributed by atoms with Gasteiger partial charge in [-0.25, -0.2) is 0 Å². The van der Waals surface area contributed by atoms with E-state index in [1.54, 1.807) is 14.2 Å². The van der Waals surface area contributed by atoms with Crippen molar-refractivity contribution in [1.82, 2.24) is 4.90 Å². The molecule has 1 N–H and O–H groups in total. The van der Waals surface area contributed by atoms with Gasteiger partial charge in [-0.2, -0.15) is 0 Å². The molecule has 0 spiro atoms. The number of rotatable bonds is 8. The summed E-state index contributed by atoms with van der Waals surface area (Å²) in [5, 5.41) is 3.02. The van der Waals surface area contributed by atoms with Crippen LogP contribution in [0, 0.1) is 0 Å². The third-order valence-corrected chi connectivity index (χ3v) is 4.71. The normalized spacial score (nSPS) is 11.7. The van der Waals surface area contributed by atoms with Crippen molar-refractivity contribution in [2.75, 3.05) is 26.6 Å². The quantitative estimate of drug-likeness (QED) is 0.615. The Morgan fingerprint density at radius 1 is 0.897 bits per heavy atom. The molecule has 0 radical (unpaired) electrons. The highest BCUT2D eigenvalue weighted by Gasteiger charge is 2.25. The molecule has 3 rings (SSSR count). The smallest absolute Gasteiger partial charge is 0.246 e. The molecule has 0 aliphatic heterocycles. The summed E-state index contributed by atoms with van der Waals surface area (Å²) in [6.07, 6.45) is 0. The second-order valence-electron chi connectivity index (χ2n) is 6.80. The van der Waals surface area contributed by atoms with Gasteiger partial charge in [0.25, 0.3) is 0 Å². The lowest BCUT2D eigenvalue weighted by Crippen LogP contribution is -2.34. The van der Waals surface area contributed by atoms with Gasteiger partial charge >= 0.3 is 0 Å². The Bertz CT molecular complexity index is 944. The summed E-state index contributed by atoms with van der Waals surface area (Å²) >= 11 is 0. The topological polar surface area (TPSA) is 50.8 Å². The highest BCUT2D eigenvalue weighted by atomic mass is 16.5. The number of methoxy groups -OCH3 is 2. The van der Waals surface area contributed by atoms with Crippen molar-refractivity contribution in [3.63, 3.8) is 0 Å².